The normalized spacial score (nSPS) is 12.2. The van der Waals surface area contributed by atoms with Crippen molar-refractivity contribution in [1.82, 2.24) is 0 Å². The second-order valence-corrected chi connectivity index (χ2v) is 16.6. The van der Waals surface area contributed by atoms with Crippen LogP contribution in [0.3, 0.4) is 0 Å². The number of benzene rings is 9. The van der Waals surface area contributed by atoms with Crippen LogP contribution in [0.25, 0.3) is 74.4 Å². The number of hydrogen-bond acceptors (Lipinski definition) is 2. The zero-order chi connectivity index (χ0) is 32.5. The summed E-state index contributed by atoms with van der Waals surface area (Å²) in [5, 5.41) is 14.9. The second kappa shape index (κ2) is 11.0. The summed E-state index contributed by atoms with van der Waals surface area (Å²) in [6.07, 6.45) is 0. The molecule has 49 heavy (non-hydrogen) atoms. The van der Waals surface area contributed by atoms with Crippen molar-refractivity contribution in [3.8, 4) is 11.1 Å². The van der Waals surface area contributed by atoms with Gasteiger partial charge in [-0.1, -0.05) is 140 Å². The highest BCUT2D eigenvalue weighted by molar-refractivity contribution is 7.85. The fraction of sp³-hybridized carbons (Fsp3) is 0. The second-order valence-electron chi connectivity index (χ2n) is 12.8. The summed E-state index contributed by atoms with van der Waals surface area (Å²) < 4.78 is 17.8. The molecule has 0 aliphatic rings. The van der Waals surface area contributed by atoms with Gasteiger partial charge in [0.05, 0.1) is 0 Å². The lowest BCUT2D eigenvalue weighted by molar-refractivity contribution is 0.592. The van der Waals surface area contributed by atoms with Crippen molar-refractivity contribution in [2.45, 2.75) is 0 Å². The minimum Gasteiger partial charge on any atom is -0.309 e. The largest absolute Gasteiger partial charge is 0.309 e. The summed E-state index contributed by atoms with van der Waals surface area (Å²) in [4.78, 5) is 0. The van der Waals surface area contributed by atoms with Crippen molar-refractivity contribution in [3.63, 3.8) is 0 Å². The maximum atomic E-state index is 15.3. The summed E-state index contributed by atoms with van der Waals surface area (Å²) in [7, 11) is -3.12. The van der Waals surface area contributed by atoms with E-state index in [0.29, 0.717) is 0 Å². The van der Waals surface area contributed by atoms with Crippen LogP contribution in [0.5, 0.6) is 0 Å². The van der Waals surface area contributed by atoms with E-state index < -0.39 is 7.14 Å². The number of hydrogen-bond donors (Lipinski definition) is 0. The molecule has 0 spiro atoms. The molecule has 230 valence electrons. The summed E-state index contributed by atoms with van der Waals surface area (Å²) in [5.74, 6) is 0. The monoisotopic (exact) mass is 660 g/mol. The maximum Gasteiger partial charge on any atom is 0.171 e. The molecule has 3 heteroatoms. The Kier molecular flexibility index (Phi) is 6.40. The third-order valence-electron chi connectivity index (χ3n) is 10.1. The van der Waals surface area contributed by atoms with E-state index in [9.17, 15) is 0 Å². The summed E-state index contributed by atoms with van der Waals surface area (Å²) in [5.41, 5.74) is 2.45. The van der Waals surface area contributed by atoms with E-state index in [-0.39, 0.29) is 0 Å². The third kappa shape index (κ3) is 4.35. The lowest BCUT2D eigenvalue weighted by atomic mass is 9.87. The van der Waals surface area contributed by atoms with Crippen LogP contribution in [-0.2, 0) is 4.57 Å². The Hall–Kier alpha value is -5.53. The summed E-state index contributed by atoms with van der Waals surface area (Å²) in [6, 6.07) is 62.2. The zero-order valence-electron chi connectivity index (χ0n) is 26.5. The van der Waals surface area contributed by atoms with Gasteiger partial charge in [-0.15, -0.1) is 11.3 Å². The minimum atomic E-state index is -3.12. The molecule has 0 unspecified atom stereocenters. The van der Waals surface area contributed by atoms with E-state index in [2.05, 4.69) is 115 Å². The molecule has 0 N–H and O–H groups in total. The molecule has 0 fully saturated rings. The maximum absolute atomic E-state index is 15.3. The molecule has 0 bridgehead atoms. The fourth-order valence-corrected chi connectivity index (χ4v) is 11.5. The molecule has 0 amide bonds. The molecular weight excluding hydrogens is 632 g/mol. The standard InChI is InChI=1S/C46H29OPS/c47-48(34-13-3-1-4-14-34,35-15-5-2-6-16-35)36-23-26-44-42(29-36)41-28-33(22-25-43(41)49-44)46-39-24-21-30-11-7-9-17-37(30)40(39)27-32-20-19-31-12-8-10-18-38(31)45(32)46/h1-29H. The topological polar surface area (TPSA) is 17.1 Å². The Morgan fingerprint density at radius 1 is 0.367 bits per heavy atom. The molecule has 10 rings (SSSR count). The van der Waals surface area contributed by atoms with Gasteiger partial charge in [0.2, 0.25) is 0 Å². The molecule has 1 aromatic heterocycles. The number of thiophene rings is 1. The molecule has 0 saturated carbocycles. The lowest BCUT2D eigenvalue weighted by Crippen LogP contribution is -2.24. The van der Waals surface area contributed by atoms with Crippen molar-refractivity contribution in [2.75, 3.05) is 0 Å². The Morgan fingerprint density at radius 2 is 0.939 bits per heavy atom. The van der Waals surface area contributed by atoms with Crippen LogP contribution in [0.1, 0.15) is 0 Å². The molecule has 0 saturated heterocycles. The molecule has 9 aromatic carbocycles. The van der Waals surface area contributed by atoms with Gasteiger partial charge in [0.1, 0.15) is 0 Å². The Labute approximate surface area is 288 Å². The Bertz CT molecular complexity index is 2920. The SMILES string of the molecule is O=P(c1ccccc1)(c1ccccc1)c1ccc2sc3ccc(-c4c5ccc6ccccc6c5cc5ccc6ccccc6c45)cc3c2c1. The number of rotatable bonds is 4. The van der Waals surface area contributed by atoms with Crippen LogP contribution in [-0.4, -0.2) is 0 Å². The molecular formula is C46H29OPS. The highest BCUT2D eigenvalue weighted by Gasteiger charge is 2.30. The van der Waals surface area contributed by atoms with Crippen LogP contribution in [0, 0.1) is 0 Å². The predicted molar refractivity (Wildman–Crippen MR) is 214 cm³/mol. The molecule has 1 nitrogen and oxygen atoms in total. The first kappa shape index (κ1) is 28.5. The molecule has 10 aromatic rings. The third-order valence-corrected chi connectivity index (χ3v) is 14.3. The first-order chi connectivity index (χ1) is 24.2. The minimum absolute atomic E-state index is 0.849. The van der Waals surface area contributed by atoms with Crippen molar-refractivity contribution >= 4 is 97.7 Å². The van der Waals surface area contributed by atoms with E-state index in [1.54, 1.807) is 11.3 Å². The van der Waals surface area contributed by atoms with Crippen LogP contribution < -0.4 is 15.9 Å². The van der Waals surface area contributed by atoms with Crippen LogP contribution >= 0.6 is 18.5 Å². The number of fused-ring (bicyclic) bond motifs is 9. The van der Waals surface area contributed by atoms with Crippen LogP contribution in [0.15, 0.2) is 176 Å². The average Bonchev–Trinajstić information content (AvgIpc) is 3.54. The van der Waals surface area contributed by atoms with Crippen molar-refractivity contribution in [3.05, 3.63) is 176 Å². The van der Waals surface area contributed by atoms with Crippen molar-refractivity contribution < 1.29 is 4.57 Å². The average molecular weight is 661 g/mol. The first-order valence-corrected chi connectivity index (χ1v) is 19.1. The lowest BCUT2D eigenvalue weighted by Gasteiger charge is -2.20. The molecule has 0 aliphatic heterocycles. The van der Waals surface area contributed by atoms with E-state index in [4.69, 9.17) is 0 Å². The van der Waals surface area contributed by atoms with Gasteiger partial charge in [-0.3, -0.25) is 0 Å². The Balaban J connectivity index is 1.28. The summed E-state index contributed by atoms with van der Waals surface area (Å²) >= 11 is 1.80. The highest BCUT2D eigenvalue weighted by Crippen LogP contribution is 2.47. The zero-order valence-corrected chi connectivity index (χ0v) is 28.2. The molecule has 1 heterocycles. The molecule has 0 aliphatic carbocycles. The molecule has 0 atom stereocenters. The van der Waals surface area contributed by atoms with Gasteiger partial charge in [-0.25, -0.2) is 0 Å². The van der Waals surface area contributed by atoms with Crippen LogP contribution in [0.4, 0.5) is 0 Å². The highest BCUT2D eigenvalue weighted by atomic mass is 32.1. The van der Waals surface area contributed by atoms with Gasteiger partial charge >= 0.3 is 0 Å². The summed E-state index contributed by atoms with van der Waals surface area (Å²) in [6.45, 7) is 0. The molecule has 0 radical (unpaired) electrons. The van der Waals surface area contributed by atoms with Gasteiger partial charge in [0, 0.05) is 36.1 Å². The smallest absolute Gasteiger partial charge is 0.171 e. The van der Waals surface area contributed by atoms with Gasteiger partial charge in [0.15, 0.2) is 7.14 Å². The quantitative estimate of drug-likeness (QED) is 0.104. The fourth-order valence-electron chi connectivity index (χ4n) is 7.79. The van der Waals surface area contributed by atoms with Crippen LogP contribution in [0.2, 0.25) is 0 Å². The van der Waals surface area contributed by atoms with Gasteiger partial charge in [-0.2, -0.15) is 0 Å². The Morgan fingerprint density at radius 3 is 1.67 bits per heavy atom. The van der Waals surface area contributed by atoms with Gasteiger partial charge in [0.25, 0.3) is 0 Å². The first-order valence-electron chi connectivity index (χ1n) is 16.6. The van der Waals surface area contributed by atoms with E-state index in [1.807, 2.05) is 60.7 Å². The van der Waals surface area contributed by atoms with Gasteiger partial charge in [-0.05, 0) is 90.6 Å². The van der Waals surface area contributed by atoms with Gasteiger partial charge < -0.3 is 4.57 Å². The predicted octanol–water partition coefficient (Wildman–Crippen LogP) is 12.0. The van der Waals surface area contributed by atoms with E-state index in [1.165, 1.54) is 69.0 Å². The van der Waals surface area contributed by atoms with E-state index in [0.717, 1.165) is 21.3 Å². The van der Waals surface area contributed by atoms with Crippen molar-refractivity contribution in [1.29, 1.82) is 0 Å². The van der Waals surface area contributed by atoms with E-state index >= 15 is 4.57 Å². The van der Waals surface area contributed by atoms with Crippen molar-refractivity contribution in [2.24, 2.45) is 0 Å².